The van der Waals surface area contributed by atoms with E-state index < -0.39 is 25.1 Å². The van der Waals surface area contributed by atoms with Crippen LogP contribution in [0.4, 0.5) is 0 Å². The van der Waals surface area contributed by atoms with Gasteiger partial charge in [-0.05, 0) is 53.9 Å². The van der Waals surface area contributed by atoms with Gasteiger partial charge < -0.3 is 18.5 Å². The zero-order valence-electron chi connectivity index (χ0n) is 20.6. The number of hydrogen-bond donors (Lipinski definition) is 0. The van der Waals surface area contributed by atoms with Crippen LogP contribution in [0.2, 0.25) is 0 Å². The van der Waals surface area contributed by atoms with E-state index in [1.54, 1.807) is 34.6 Å². The van der Waals surface area contributed by atoms with Crippen LogP contribution >= 0.6 is 7.60 Å². The van der Waals surface area contributed by atoms with E-state index in [4.69, 9.17) is 18.5 Å². The zero-order chi connectivity index (χ0) is 23.8. The van der Waals surface area contributed by atoms with Crippen LogP contribution in [0.3, 0.4) is 0 Å². The Balaban J connectivity index is 4.58. The number of carbonyl (C=O) groups excluding carboxylic acids is 2. The Morgan fingerprint density at radius 1 is 0.871 bits per heavy atom. The van der Waals surface area contributed by atoms with Gasteiger partial charge in [-0.2, -0.15) is 0 Å². The normalized spacial score (nSPS) is 13.1. The average molecular weight is 465 g/mol. The van der Waals surface area contributed by atoms with Crippen LogP contribution in [-0.4, -0.2) is 43.5 Å². The fraction of sp³-hybridized carbons (Fsp3) is 0.913. The number of carbonyl (C=O) groups is 2. The highest BCUT2D eigenvalue weighted by Gasteiger charge is 2.34. The number of esters is 2. The van der Waals surface area contributed by atoms with Gasteiger partial charge in [0.15, 0.2) is 0 Å². The minimum atomic E-state index is -3.40. The lowest BCUT2D eigenvalue weighted by molar-refractivity contribution is -0.159. The molecule has 0 spiro atoms. The van der Waals surface area contributed by atoms with Gasteiger partial charge in [-0.25, -0.2) is 0 Å². The Labute approximate surface area is 189 Å². The van der Waals surface area contributed by atoms with Gasteiger partial charge in [0.05, 0.1) is 31.9 Å². The zero-order valence-corrected chi connectivity index (χ0v) is 21.5. The highest BCUT2D eigenvalue weighted by atomic mass is 31.2. The molecular weight excluding hydrogens is 419 g/mol. The molecule has 184 valence electrons. The van der Waals surface area contributed by atoms with Crippen LogP contribution in [0.25, 0.3) is 0 Å². The number of hydrogen-bond acceptors (Lipinski definition) is 7. The van der Waals surface area contributed by atoms with Crippen LogP contribution in [0.5, 0.6) is 0 Å². The number of rotatable bonds is 18. The van der Waals surface area contributed by atoms with Gasteiger partial charge in [0.1, 0.15) is 5.60 Å². The molecule has 0 rings (SSSR count). The summed E-state index contributed by atoms with van der Waals surface area (Å²) < 4.78 is 34.4. The first kappa shape index (κ1) is 30.1. The second-order valence-electron chi connectivity index (χ2n) is 8.74. The Morgan fingerprint density at radius 3 is 2.00 bits per heavy atom. The van der Waals surface area contributed by atoms with Gasteiger partial charge in [-0.3, -0.25) is 14.2 Å². The molecule has 31 heavy (non-hydrogen) atoms. The summed E-state index contributed by atoms with van der Waals surface area (Å²) in [7, 11) is -3.40. The highest BCUT2D eigenvalue weighted by Crippen LogP contribution is 2.50. The van der Waals surface area contributed by atoms with Gasteiger partial charge in [-0.1, -0.05) is 39.0 Å². The standard InChI is InChI=1S/C23H45O7P/c1-7-10-11-12-13-14-17-21(24)27-18-15-16-20(22(25)30-23(4,5)6)19-31(26,28-8-2)29-9-3/h20H,7-19H2,1-6H3. The van der Waals surface area contributed by atoms with Gasteiger partial charge in [0, 0.05) is 6.42 Å². The monoisotopic (exact) mass is 464 g/mol. The summed E-state index contributed by atoms with van der Waals surface area (Å²) in [5.74, 6) is -1.30. The van der Waals surface area contributed by atoms with Crippen molar-refractivity contribution in [3.05, 3.63) is 0 Å². The molecule has 0 bridgehead atoms. The Bertz CT molecular complexity index is 533. The van der Waals surface area contributed by atoms with Crippen LogP contribution in [0.1, 0.15) is 99.3 Å². The fourth-order valence-electron chi connectivity index (χ4n) is 3.11. The lowest BCUT2D eigenvalue weighted by Gasteiger charge is -2.26. The SMILES string of the molecule is CCCCCCCCC(=O)OCCCC(CP(=O)(OCC)OCC)C(=O)OC(C)(C)C. The van der Waals surface area contributed by atoms with E-state index in [1.165, 1.54) is 19.3 Å². The Kier molecular flexibility index (Phi) is 16.2. The van der Waals surface area contributed by atoms with Crippen LogP contribution in [0, 0.1) is 5.92 Å². The molecule has 0 saturated heterocycles. The summed E-state index contributed by atoms with van der Waals surface area (Å²) in [5, 5.41) is 0. The molecule has 0 heterocycles. The van der Waals surface area contributed by atoms with E-state index in [1.807, 2.05) is 0 Å². The molecule has 1 atom stereocenters. The fourth-order valence-corrected chi connectivity index (χ4v) is 5.06. The highest BCUT2D eigenvalue weighted by molar-refractivity contribution is 7.53. The molecule has 0 amide bonds. The Hall–Kier alpha value is -0.910. The molecule has 0 aliphatic heterocycles. The van der Waals surface area contributed by atoms with Crippen molar-refractivity contribution in [3.63, 3.8) is 0 Å². The maximum atomic E-state index is 12.9. The maximum absolute atomic E-state index is 12.9. The topological polar surface area (TPSA) is 88.1 Å². The van der Waals surface area contributed by atoms with Crippen LogP contribution in [-0.2, 0) is 32.7 Å². The van der Waals surface area contributed by atoms with Crippen molar-refractivity contribution in [2.75, 3.05) is 26.0 Å². The van der Waals surface area contributed by atoms with E-state index in [-0.39, 0.29) is 32.0 Å². The molecule has 0 saturated carbocycles. The van der Waals surface area contributed by atoms with Crippen molar-refractivity contribution in [2.24, 2.45) is 5.92 Å². The minimum Gasteiger partial charge on any atom is -0.466 e. The second-order valence-corrected chi connectivity index (χ2v) is 10.8. The van der Waals surface area contributed by atoms with E-state index in [0.29, 0.717) is 19.3 Å². The lowest BCUT2D eigenvalue weighted by atomic mass is 10.1. The summed E-state index contributed by atoms with van der Waals surface area (Å²) in [6.45, 7) is 11.7. The summed E-state index contributed by atoms with van der Waals surface area (Å²) in [6.07, 6.45) is 7.92. The summed E-state index contributed by atoms with van der Waals surface area (Å²) in [4.78, 5) is 24.6. The van der Waals surface area contributed by atoms with Crippen molar-refractivity contribution in [3.8, 4) is 0 Å². The first-order chi connectivity index (χ1) is 14.6. The Morgan fingerprint density at radius 2 is 1.45 bits per heavy atom. The molecule has 0 fully saturated rings. The second kappa shape index (κ2) is 16.7. The smallest absolute Gasteiger partial charge is 0.331 e. The molecule has 0 aliphatic rings. The van der Waals surface area contributed by atoms with Gasteiger partial charge in [0.25, 0.3) is 0 Å². The lowest BCUT2D eigenvalue weighted by Crippen LogP contribution is -2.31. The van der Waals surface area contributed by atoms with Crippen LogP contribution < -0.4 is 0 Å². The minimum absolute atomic E-state index is 0.0463. The molecule has 0 aliphatic carbocycles. The first-order valence-electron chi connectivity index (χ1n) is 11.8. The third-order valence-electron chi connectivity index (χ3n) is 4.53. The predicted molar refractivity (Wildman–Crippen MR) is 123 cm³/mol. The first-order valence-corrected chi connectivity index (χ1v) is 13.6. The maximum Gasteiger partial charge on any atom is 0.331 e. The van der Waals surface area contributed by atoms with Gasteiger partial charge in [0.2, 0.25) is 0 Å². The molecule has 7 nitrogen and oxygen atoms in total. The quantitative estimate of drug-likeness (QED) is 0.134. The van der Waals surface area contributed by atoms with Gasteiger partial charge in [-0.15, -0.1) is 0 Å². The molecule has 1 unspecified atom stereocenters. The average Bonchev–Trinajstić information content (AvgIpc) is 2.66. The molecule has 0 aromatic heterocycles. The van der Waals surface area contributed by atoms with Crippen LogP contribution in [0.15, 0.2) is 0 Å². The van der Waals surface area contributed by atoms with Crippen molar-refractivity contribution in [1.82, 2.24) is 0 Å². The number of unbranched alkanes of at least 4 members (excludes halogenated alkanes) is 5. The summed E-state index contributed by atoms with van der Waals surface area (Å²) in [6, 6.07) is 0. The van der Waals surface area contributed by atoms with E-state index in [2.05, 4.69) is 6.92 Å². The van der Waals surface area contributed by atoms with E-state index in [9.17, 15) is 14.2 Å². The van der Waals surface area contributed by atoms with Crippen molar-refractivity contribution in [2.45, 2.75) is 105 Å². The van der Waals surface area contributed by atoms with E-state index >= 15 is 0 Å². The van der Waals surface area contributed by atoms with Crippen molar-refractivity contribution in [1.29, 1.82) is 0 Å². The molecule has 0 N–H and O–H groups in total. The van der Waals surface area contributed by atoms with Crippen molar-refractivity contribution < 1.29 is 32.7 Å². The summed E-state index contributed by atoms with van der Waals surface area (Å²) in [5.41, 5.74) is -0.653. The molecule has 0 radical (unpaired) electrons. The largest absolute Gasteiger partial charge is 0.466 e. The predicted octanol–water partition coefficient (Wildman–Crippen LogP) is 6.28. The molecule has 0 aromatic rings. The van der Waals surface area contributed by atoms with Crippen molar-refractivity contribution >= 4 is 19.5 Å². The third-order valence-corrected chi connectivity index (χ3v) is 6.72. The van der Waals surface area contributed by atoms with E-state index in [0.717, 1.165) is 19.3 Å². The summed E-state index contributed by atoms with van der Waals surface area (Å²) >= 11 is 0. The molecule has 8 heteroatoms. The molecular formula is C23H45O7P. The third kappa shape index (κ3) is 16.4. The number of ether oxygens (including phenoxy) is 2. The molecule has 0 aromatic carbocycles. The van der Waals surface area contributed by atoms with Gasteiger partial charge >= 0.3 is 19.5 Å².